The minimum Gasteiger partial charge on any atom is -0.324 e. The van der Waals surface area contributed by atoms with Gasteiger partial charge in [-0.2, -0.15) is 0 Å². The molecule has 1 unspecified atom stereocenters. The molecule has 1 atom stereocenters. The molecule has 0 bridgehead atoms. The number of hydrogen-bond donors (Lipinski definition) is 2. The number of amides is 1. The SMILES string of the molecule is CNCC(C)C(=O)Nc1cc(Cl)c(Cl)cc1Cl. The lowest BCUT2D eigenvalue weighted by molar-refractivity contribution is -0.119. The van der Waals surface area contributed by atoms with E-state index in [9.17, 15) is 4.79 Å². The van der Waals surface area contributed by atoms with Crippen molar-refractivity contribution in [2.75, 3.05) is 18.9 Å². The van der Waals surface area contributed by atoms with Crippen LogP contribution in [0, 0.1) is 5.92 Å². The first-order valence-electron chi connectivity index (χ1n) is 5.05. The average molecular weight is 296 g/mol. The van der Waals surface area contributed by atoms with Gasteiger partial charge >= 0.3 is 0 Å². The number of anilines is 1. The quantitative estimate of drug-likeness (QED) is 0.836. The van der Waals surface area contributed by atoms with Crippen LogP contribution in [0.1, 0.15) is 6.92 Å². The Labute approximate surface area is 115 Å². The van der Waals surface area contributed by atoms with Gasteiger partial charge in [-0.15, -0.1) is 0 Å². The molecule has 0 aromatic heterocycles. The molecule has 0 fully saturated rings. The number of hydrogen-bond acceptors (Lipinski definition) is 2. The molecule has 2 N–H and O–H groups in total. The van der Waals surface area contributed by atoms with E-state index >= 15 is 0 Å². The van der Waals surface area contributed by atoms with Crippen LogP contribution in [0.5, 0.6) is 0 Å². The molecule has 3 nitrogen and oxygen atoms in total. The fraction of sp³-hybridized carbons (Fsp3) is 0.364. The second kappa shape index (κ2) is 6.45. The molecule has 0 saturated carbocycles. The maximum absolute atomic E-state index is 11.8. The second-order valence-electron chi connectivity index (χ2n) is 3.69. The van der Waals surface area contributed by atoms with Gasteiger partial charge in [0.1, 0.15) is 0 Å². The summed E-state index contributed by atoms with van der Waals surface area (Å²) < 4.78 is 0. The highest BCUT2D eigenvalue weighted by Crippen LogP contribution is 2.32. The number of halogens is 3. The van der Waals surface area contributed by atoms with E-state index in [1.54, 1.807) is 7.05 Å². The second-order valence-corrected chi connectivity index (χ2v) is 4.92. The normalized spacial score (nSPS) is 12.3. The molecular formula is C11H13Cl3N2O. The van der Waals surface area contributed by atoms with Gasteiger partial charge in [0.2, 0.25) is 5.91 Å². The fourth-order valence-corrected chi connectivity index (χ4v) is 1.87. The van der Waals surface area contributed by atoms with Crippen molar-refractivity contribution in [2.24, 2.45) is 5.92 Å². The third-order valence-corrected chi connectivity index (χ3v) is 3.26. The Bertz CT molecular complexity index is 423. The molecule has 1 amide bonds. The molecule has 1 aromatic rings. The summed E-state index contributed by atoms with van der Waals surface area (Å²) in [6.07, 6.45) is 0. The summed E-state index contributed by atoms with van der Waals surface area (Å²) in [7, 11) is 1.79. The Balaban J connectivity index is 2.81. The van der Waals surface area contributed by atoms with Crippen LogP contribution in [0.4, 0.5) is 5.69 Å². The fourth-order valence-electron chi connectivity index (χ4n) is 1.27. The maximum Gasteiger partial charge on any atom is 0.228 e. The Hall–Kier alpha value is -0.480. The first kappa shape index (κ1) is 14.6. The van der Waals surface area contributed by atoms with E-state index in [-0.39, 0.29) is 11.8 Å². The Morgan fingerprint density at radius 2 is 1.82 bits per heavy atom. The van der Waals surface area contributed by atoms with Gasteiger partial charge in [0.25, 0.3) is 0 Å². The van der Waals surface area contributed by atoms with Gasteiger partial charge in [-0.3, -0.25) is 4.79 Å². The third-order valence-electron chi connectivity index (χ3n) is 2.23. The van der Waals surface area contributed by atoms with E-state index in [1.165, 1.54) is 12.1 Å². The molecular weight excluding hydrogens is 282 g/mol. The van der Waals surface area contributed by atoms with Crippen molar-refractivity contribution in [1.29, 1.82) is 0 Å². The Morgan fingerprint density at radius 1 is 1.24 bits per heavy atom. The first-order valence-corrected chi connectivity index (χ1v) is 6.19. The number of carbonyl (C=O) groups excluding carboxylic acids is 1. The number of carbonyl (C=O) groups is 1. The van der Waals surface area contributed by atoms with Crippen LogP contribution in [0.25, 0.3) is 0 Å². The van der Waals surface area contributed by atoms with Crippen molar-refractivity contribution in [3.63, 3.8) is 0 Å². The van der Waals surface area contributed by atoms with Crippen molar-refractivity contribution >= 4 is 46.4 Å². The molecule has 94 valence electrons. The lowest BCUT2D eigenvalue weighted by Crippen LogP contribution is -2.28. The monoisotopic (exact) mass is 294 g/mol. The highest BCUT2D eigenvalue weighted by atomic mass is 35.5. The van der Waals surface area contributed by atoms with Crippen LogP contribution in [0.15, 0.2) is 12.1 Å². The topological polar surface area (TPSA) is 41.1 Å². The molecule has 0 heterocycles. The van der Waals surface area contributed by atoms with Crippen LogP contribution in [-0.4, -0.2) is 19.5 Å². The van der Waals surface area contributed by atoms with Crippen LogP contribution >= 0.6 is 34.8 Å². The average Bonchev–Trinajstić information content (AvgIpc) is 2.26. The first-order chi connectivity index (χ1) is 7.95. The van der Waals surface area contributed by atoms with Gasteiger partial charge in [-0.1, -0.05) is 41.7 Å². The zero-order valence-electron chi connectivity index (χ0n) is 9.48. The zero-order chi connectivity index (χ0) is 13.0. The molecule has 0 aliphatic carbocycles. The number of rotatable bonds is 4. The summed E-state index contributed by atoms with van der Waals surface area (Å²) in [5, 5.41) is 6.72. The summed E-state index contributed by atoms with van der Waals surface area (Å²) in [6, 6.07) is 3.04. The molecule has 0 spiro atoms. The Morgan fingerprint density at radius 3 is 2.41 bits per heavy atom. The molecule has 0 radical (unpaired) electrons. The molecule has 1 rings (SSSR count). The Kier molecular flexibility index (Phi) is 5.53. The van der Waals surface area contributed by atoms with Gasteiger partial charge < -0.3 is 10.6 Å². The van der Waals surface area contributed by atoms with Gasteiger partial charge in [-0.25, -0.2) is 0 Å². The van der Waals surface area contributed by atoms with E-state index in [4.69, 9.17) is 34.8 Å². The summed E-state index contributed by atoms with van der Waals surface area (Å²) in [5.41, 5.74) is 0.467. The van der Waals surface area contributed by atoms with Gasteiger partial charge in [-0.05, 0) is 19.2 Å². The lowest BCUT2D eigenvalue weighted by atomic mass is 10.1. The highest BCUT2D eigenvalue weighted by molar-refractivity contribution is 6.44. The van der Waals surface area contributed by atoms with Gasteiger partial charge in [0.15, 0.2) is 0 Å². The van der Waals surface area contributed by atoms with Crippen LogP contribution in [-0.2, 0) is 4.79 Å². The van der Waals surface area contributed by atoms with Crippen molar-refractivity contribution < 1.29 is 4.79 Å². The van der Waals surface area contributed by atoms with E-state index in [1.807, 2.05) is 6.92 Å². The molecule has 0 aliphatic rings. The largest absolute Gasteiger partial charge is 0.324 e. The summed E-state index contributed by atoms with van der Waals surface area (Å²) in [6.45, 7) is 2.40. The van der Waals surface area contributed by atoms with Gasteiger partial charge in [0, 0.05) is 12.5 Å². The minimum absolute atomic E-state index is 0.125. The number of nitrogens with one attached hydrogen (secondary N) is 2. The molecule has 0 saturated heterocycles. The van der Waals surface area contributed by atoms with E-state index in [2.05, 4.69) is 10.6 Å². The summed E-state index contributed by atoms with van der Waals surface area (Å²) in [4.78, 5) is 11.8. The molecule has 0 aliphatic heterocycles. The number of benzene rings is 1. The lowest BCUT2D eigenvalue weighted by Gasteiger charge is -2.13. The molecule has 17 heavy (non-hydrogen) atoms. The predicted octanol–water partition coefficient (Wildman–Crippen LogP) is 3.44. The minimum atomic E-state index is -0.162. The molecule has 6 heteroatoms. The summed E-state index contributed by atoms with van der Waals surface area (Å²) in [5.74, 6) is -0.287. The van der Waals surface area contributed by atoms with E-state index in [0.29, 0.717) is 27.3 Å². The van der Waals surface area contributed by atoms with Crippen LogP contribution in [0.3, 0.4) is 0 Å². The van der Waals surface area contributed by atoms with Crippen LogP contribution < -0.4 is 10.6 Å². The third kappa shape index (κ3) is 4.03. The van der Waals surface area contributed by atoms with Crippen molar-refractivity contribution in [3.8, 4) is 0 Å². The van der Waals surface area contributed by atoms with Gasteiger partial charge in [0.05, 0.1) is 20.8 Å². The van der Waals surface area contributed by atoms with Crippen molar-refractivity contribution in [1.82, 2.24) is 5.32 Å². The predicted molar refractivity (Wildman–Crippen MR) is 73.2 cm³/mol. The maximum atomic E-state index is 11.8. The summed E-state index contributed by atoms with van der Waals surface area (Å²) >= 11 is 17.6. The zero-order valence-corrected chi connectivity index (χ0v) is 11.7. The van der Waals surface area contributed by atoms with Crippen molar-refractivity contribution in [2.45, 2.75) is 6.92 Å². The van der Waals surface area contributed by atoms with Crippen molar-refractivity contribution in [3.05, 3.63) is 27.2 Å². The van der Waals surface area contributed by atoms with E-state index in [0.717, 1.165) is 0 Å². The smallest absolute Gasteiger partial charge is 0.228 e. The molecule has 1 aromatic carbocycles. The standard InChI is InChI=1S/C11H13Cl3N2O/c1-6(5-15-2)11(17)16-10-4-8(13)7(12)3-9(10)14/h3-4,6,15H,5H2,1-2H3,(H,16,17). The van der Waals surface area contributed by atoms with E-state index < -0.39 is 0 Å². The van der Waals surface area contributed by atoms with Crippen LogP contribution in [0.2, 0.25) is 15.1 Å². The highest BCUT2D eigenvalue weighted by Gasteiger charge is 2.14.